The third kappa shape index (κ3) is 15.0. The molecule has 4 rings (SSSR count). The Balaban J connectivity index is 0.00000600. The molecule has 10 heteroatoms. The number of hydrogen-bond donors (Lipinski definition) is 3. The first-order valence-electron chi connectivity index (χ1n) is 24.5. The number of ether oxygens (including phenoxy) is 1. The number of carbonyl (C=O) groups is 2. The summed E-state index contributed by atoms with van der Waals surface area (Å²) in [7, 11) is 0. The lowest BCUT2D eigenvalue weighted by atomic mass is 9.47. The van der Waals surface area contributed by atoms with Gasteiger partial charge in [0, 0.05) is 43.4 Å². The normalized spacial score (nSPS) is 27.9. The van der Waals surface area contributed by atoms with Crippen LogP contribution in [0.1, 0.15) is 204 Å². The molecule has 3 saturated carbocycles. The van der Waals surface area contributed by atoms with E-state index in [9.17, 15) is 9.59 Å². The van der Waals surface area contributed by atoms with E-state index in [0.717, 1.165) is 126 Å². The van der Waals surface area contributed by atoms with Gasteiger partial charge in [0.25, 0.3) is 0 Å². The number of rotatable bonds is 25. The Hall–Kier alpha value is -0.570. The van der Waals surface area contributed by atoms with Crippen LogP contribution in [0.15, 0.2) is 11.6 Å². The zero-order chi connectivity index (χ0) is 41.9. The van der Waals surface area contributed by atoms with Crippen LogP contribution in [-0.4, -0.2) is 60.1 Å². The highest BCUT2D eigenvalue weighted by Crippen LogP contribution is 2.67. The molecule has 8 atom stereocenters. The summed E-state index contributed by atoms with van der Waals surface area (Å²) >= 11 is 0. The van der Waals surface area contributed by atoms with E-state index >= 15 is 0 Å². The summed E-state index contributed by atoms with van der Waals surface area (Å²) in [6.45, 7) is 24.4. The van der Waals surface area contributed by atoms with Crippen molar-refractivity contribution >= 4 is 49.1 Å². The SMILES string of the molecule is CCC(N)(CC)CCNCCCCN(CCC(N)(CC)CC)C(=O)CCCC(=O)O[C@H]1CC[C@@]2(C)C(=CC[C@H]3[C@@H]4CC[C@H](C(C)CCCC(C)C)[C@@]4(C)CC[C@@H]32)C1.Cl.Cl.Cl. The first kappa shape index (κ1) is 57.4. The van der Waals surface area contributed by atoms with Crippen LogP contribution in [0, 0.1) is 46.3 Å². The van der Waals surface area contributed by atoms with Gasteiger partial charge in [0.05, 0.1) is 0 Å². The van der Waals surface area contributed by atoms with Crippen molar-refractivity contribution in [3.63, 3.8) is 0 Å². The summed E-state index contributed by atoms with van der Waals surface area (Å²) in [5.41, 5.74) is 15.1. The van der Waals surface area contributed by atoms with E-state index in [1.807, 2.05) is 4.90 Å². The topological polar surface area (TPSA) is 111 Å². The molecule has 0 bridgehead atoms. The minimum Gasteiger partial charge on any atom is -0.462 e. The van der Waals surface area contributed by atoms with Crippen molar-refractivity contribution in [2.45, 2.75) is 221 Å². The van der Waals surface area contributed by atoms with Gasteiger partial charge < -0.3 is 26.4 Å². The summed E-state index contributed by atoms with van der Waals surface area (Å²) in [5.74, 6) is 4.98. The molecule has 1 unspecified atom stereocenters. The Morgan fingerprint density at radius 3 is 2.12 bits per heavy atom. The Morgan fingerprint density at radius 2 is 1.47 bits per heavy atom. The summed E-state index contributed by atoms with van der Waals surface area (Å²) in [4.78, 5) is 28.8. The van der Waals surface area contributed by atoms with E-state index in [4.69, 9.17) is 16.2 Å². The number of allylic oxidation sites excluding steroid dienone is 1. The van der Waals surface area contributed by atoms with Gasteiger partial charge in [-0.3, -0.25) is 9.59 Å². The van der Waals surface area contributed by atoms with E-state index in [-0.39, 0.29) is 71.7 Å². The number of amides is 1. The Kier molecular flexibility index (Phi) is 25.3. The van der Waals surface area contributed by atoms with Crippen molar-refractivity contribution in [2.24, 2.45) is 57.8 Å². The number of halogens is 3. The van der Waals surface area contributed by atoms with Gasteiger partial charge in [-0.2, -0.15) is 0 Å². The van der Waals surface area contributed by atoms with Crippen molar-refractivity contribution in [3.05, 3.63) is 11.6 Å². The van der Waals surface area contributed by atoms with Crippen molar-refractivity contribution < 1.29 is 14.3 Å². The highest BCUT2D eigenvalue weighted by atomic mass is 35.5. The van der Waals surface area contributed by atoms with Crippen LogP contribution in [0.2, 0.25) is 0 Å². The van der Waals surface area contributed by atoms with Crippen LogP contribution < -0.4 is 16.8 Å². The second-order valence-electron chi connectivity index (χ2n) is 21.0. The maximum Gasteiger partial charge on any atom is 0.306 e. The van der Waals surface area contributed by atoms with E-state index in [0.29, 0.717) is 31.2 Å². The highest BCUT2D eigenvalue weighted by Gasteiger charge is 2.59. The van der Waals surface area contributed by atoms with E-state index in [2.05, 4.69) is 73.7 Å². The molecule has 4 aliphatic rings. The molecule has 5 N–H and O–H groups in total. The van der Waals surface area contributed by atoms with Crippen molar-refractivity contribution in [3.8, 4) is 0 Å². The number of hydrogen-bond acceptors (Lipinski definition) is 6. The molecule has 0 aromatic carbocycles. The summed E-state index contributed by atoms with van der Waals surface area (Å²) in [5, 5.41) is 3.56. The van der Waals surface area contributed by atoms with Crippen molar-refractivity contribution in [1.29, 1.82) is 0 Å². The number of nitrogens with two attached hydrogens (primary N) is 2. The lowest BCUT2D eigenvalue weighted by Gasteiger charge is -2.58. The predicted molar refractivity (Wildman–Crippen MR) is 261 cm³/mol. The maximum atomic E-state index is 13.6. The van der Waals surface area contributed by atoms with Gasteiger partial charge in [-0.25, -0.2) is 0 Å². The molecule has 0 spiro atoms. The van der Waals surface area contributed by atoms with Crippen LogP contribution in [0.4, 0.5) is 0 Å². The molecule has 7 nitrogen and oxygen atoms in total. The fourth-order valence-corrected chi connectivity index (χ4v) is 12.5. The molecule has 1 amide bonds. The summed E-state index contributed by atoms with van der Waals surface area (Å²) in [6, 6.07) is 0. The zero-order valence-electron chi connectivity index (χ0n) is 40.1. The second-order valence-corrected chi connectivity index (χ2v) is 21.0. The van der Waals surface area contributed by atoms with Crippen LogP contribution >= 0.6 is 37.2 Å². The first-order chi connectivity index (χ1) is 27.1. The van der Waals surface area contributed by atoms with Crippen molar-refractivity contribution in [1.82, 2.24) is 10.2 Å². The third-order valence-corrected chi connectivity index (χ3v) is 17.2. The van der Waals surface area contributed by atoms with Gasteiger partial charge in [-0.05, 0) is 162 Å². The third-order valence-electron chi connectivity index (χ3n) is 17.2. The molecular weight excluding hydrogens is 811 g/mol. The van der Waals surface area contributed by atoms with E-state index < -0.39 is 0 Å². The van der Waals surface area contributed by atoms with Crippen LogP contribution in [-0.2, 0) is 14.3 Å². The molecule has 0 aromatic rings. The zero-order valence-corrected chi connectivity index (χ0v) is 42.5. The maximum absolute atomic E-state index is 13.6. The van der Waals surface area contributed by atoms with Gasteiger partial charge in [-0.15, -0.1) is 37.2 Å². The minimum absolute atomic E-state index is 0. The molecule has 0 aliphatic heterocycles. The number of nitrogens with zero attached hydrogens (tertiary/aromatic N) is 1. The molecule has 3 fully saturated rings. The first-order valence-corrected chi connectivity index (χ1v) is 24.5. The molecule has 0 heterocycles. The van der Waals surface area contributed by atoms with Crippen molar-refractivity contribution in [2.75, 3.05) is 26.2 Å². The average molecular weight is 907 g/mol. The lowest BCUT2D eigenvalue weighted by molar-refractivity contribution is -0.151. The molecule has 0 radical (unpaired) electrons. The Bertz CT molecular complexity index is 1290. The average Bonchev–Trinajstić information content (AvgIpc) is 3.55. The summed E-state index contributed by atoms with van der Waals surface area (Å²) in [6.07, 6.45) is 25.3. The Morgan fingerprint density at radius 1 is 0.800 bits per heavy atom. The molecule has 60 heavy (non-hydrogen) atoms. The number of esters is 1. The number of fused-ring (bicyclic) bond motifs is 5. The lowest BCUT2D eigenvalue weighted by Crippen LogP contribution is -2.51. The molecule has 354 valence electrons. The van der Waals surface area contributed by atoms with Gasteiger partial charge in [0.1, 0.15) is 6.10 Å². The predicted octanol–water partition coefficient (Wildman–Crippen LogP) is 12.4. The largest absolute Gasteiger partial charge is 0.462 e. The molecular formula is C50H95Cl3N4O3. The smallest absolute Gasteiger partial charge is 0.306 e. The number of nitrogens with one attached hydrogen (secondary N) is 1. The van der Waals surface area contributed by atoms with Crippen LogP contribution in [0.5, 0.6) is 0 Å². The second kappa shape index (κ2) is 26.4. The standard InChI is InChI=1S/C50H92N4O3.3ClH/c1-10-49(51,11-2)30-33-53-32-14-15-34-54(35-31-50(52,12-3)13-4)45(55)20-17-21-46(56)57-40-26-28-47(8)39(36-40)22-23-41-43-25-24-42(38(7)19-16-18-37(5)6)48(43,9)29-27-44(41)47;;;/h22,37-38,40-44,53H,10-21,23-36,51-52H2,1-9H3;3*1H/t38?,40-,41-,42+,43-,44-,47-,48+;;;/m0.../s1. The van der Waals surface area contributed by atoms with Crippen LogP contribution in [0.25, 0.3) is 0 Å². The Labute approximate surface area is 388 Å². The van der Waals surface area contributed by atoms with E-state index in [1.54, 1.807) is 5.57 Å². The van der Waals surface area contributed by atoms with Crippen LogP contribution in [0.3, 0.4) is 0 Å². The monoisotopic (exact) mass is 905 g/mol. The molecule has 0 aromatic heterocycles. The fourth-order valence-electron chi connectivity index (χ4n) is 12.5. The van der Waals surface area contributed by atoms with E-state index in [1.165, 1.54) is 51.4 Å². The number of unbranched alkanes of at least 4 members (excludes halogenated alkanes) is 1. The fraction of sp³-hybridized carbons (Fsp3) is 0.920. The molecule has 4 aliphatic carbocycles. The highest BCUT2D eigenvalue weighted by molar-refractivity contribution is 5.86. The molecule has 0 saturated heterocycles. The van der Waals surface area contributed by atoms with Gasteiger partial charge >= 0.3 is 5.97 Å². The minimum atomic E-state index is -0.246. The van der Waals surface area contributed by atoms with Gasteiger partial charge in [0.15, 0.2) is 0 Å². The quantitative estimate of drug-likeness (QED) is 0.0478. The number of carbonyl (C=O) groups excluding carboxylic acids is 2. The van der Waals surface area contributed by atoms with Gasteiger partial charge in [-0.1, -0.05) is 93.2 Å². The summed E-state index contributed by atoms with van der Waals surface area (Å²) < 4.78 is 6.17. The van der Waals surface area contributed by atoms with Gasteiger partial charge in [0.2, 0.25) is 5.91 Å².